The second kappa shape index (κ2) is 5.14. The monoisotopic (exact) mass is 253 g/mol. The molecule has 2 aromatic rings. The number of nitrogens with one attached hydrogen (secondary N) is 1. The van der Waals surface area contributed by atoms with E-state index in [-0.39, 0.29) is 5.84 Å². The van der Waals surface area contributed by atoms with E-state index >= 15 is 0 Å². The van der Waals surface area contributed by atoms with Crippen molar-refractivity contribution in [1.82, 2.24) is 0 Å². The van der Waals surface area contributed by atoms with Gasteiger partial charge in [0.2, 0.25) is 0 Å². The highest BCUT2D eigenvalue weighted by Crippen LogP contribution is 2.25. The van der Waals surface area contributed by atoms with Crippen molar-refractivity contribution in [2.45, 2.75) is 13.8 Å². The highest BCUT2D eigenvalue weighted by Gasteiger charge is 2.05. The number of hydrogen-bond acceptors (Lipinski definition) is 2. The van der Waals surface area contributed by atoms with Gasteiger partial charge in [0.25, 0.3) is 0 Å². The van der Waals surface area contributed by atoms with Crippen LogP contribution in [0.15, 0.2) is 42.5 Å². The first-order valence-electron chi connectivity index (χ1n) is 6.24. The molecule has 3 heteroatoms. The summed E-state index contributed by atoms with van der Waals surface area (Å²) < 4.78 is 0. The molecule has 0 aliphatic carbocycles. The molecule has 0 aliphatic rings. The van der Waals surface area contributed by atoms with Crippen molar-refractivity contribution in [2.24, 2.45) is 5.73 Å². The molecule has 0 spiro atoms. The van der Waals surface area contributed by atoms with Gasteiger partial charge in [0.05, 0.1) is 0 Å². The highest BCUT2D eigenvalue weighted by molar-refractivity contribution is 5.95. The fourth-order valence-corrected chi connectivity index (χ4v) is 2.16. The van der Waals surface area contributed by atoms with Crippen LogP contribution in [0.5, 0.6) is 0 Å². The van der Waals surface area contributed by atoms with Crippen molar-refractivity contribution in [1.29, 1.82) is 5.41 Å². The SMILES string of the molecule is Cc1cc(C)cc(N(C)c2ccc(C(=N)N)cc2)c1. The Labute approximate surface area is 114 Å². The predicted octanol–water partition coefficient (Wildman–Crippen LogP) is 3.36. The molecule has 0 bridgehead atoms. The van der Waals surface area contributed by atoms with Crippen LogP contribution in [0.1, 0.15) is 16.7 Å². The summed E-state index contributed by atoms with van der Waals surface area (Å²) in [6, 6.07) is 14.2. The van der Waals surface area contributed by atoms with Crippen LogP contribution < -0.4 is 10.6 Å². The predicted molar refractivity (Wildman–Crippen MR) is 81.4 cm³/mol. The maximum absolute atomic E-state index is 7.40. The Hall–Kier alpha value is -2.29. The molecule has 3 nitrogen and oxygen atoms in total. The molecular weight excluding hydrogens is 234 g/mol. The van der Waals surface area contributed by atoms with Gasteiger partial charge in [-0.2, -0.15) is 0 Å². The van der Waals surface area contributed by atoms with E-state index in [1.807, 2.05) is 31.3 Å². The zero-order valence-corrected chi connectivity index (χ0v) is 11.6. The third kappa shape index (κ3) is 2.94. The minimum Gasteiger partial charge on any atom is -0.384 e. The normalized spacial score (nSPS) is 10.3. The summed E-state index contributed by atoms with van der Waals surface area (Å²) in [6.45, 7) is 4.20. The molecule has 0 radical (unpaired) electrons. The number of hydrogen-bond donors (Lipinski definition) is 2. The largest absolute Gasteiger partial charge is 0.384 e. The minimum absolute atomic E-state index is 0.0978. The standard InChI is InChI=1S/C16H19N3/c1-11-8-12(2)10-15(9-11)19(3)14-6-4-13(5-7-14)16(17)18/h4-10H,1-3H3,(H3,17,18). The van der Waals surface area contributed by atoms with Crippen LogP contribution in [-0.2, 0) is 0 Å². The Morgan fingerprint density at radius 2 is 1.47 bits per heavy atom. The summed E-state index contributed by atoms with van der Waals surface area (Å²) in [4.78, 5) is 2.13. The first-order valence-corrected chi connectivity index (χ1v) is 6.24. The van der Waals surface area contributed by atoms with E-state index in [9.17, 15) is 0 Å². The van der Waals surface area contributed by atoms with Crippen LogP contribution in [0, 0.1) is 19.3 Å². The van der Waals surface area contributed by atoms with E-state index in [1.165, 1.54) is 11.1 Å². The van der Waals surface area contributed by atoms with Gasteiger partial charge in [-0.1, -0.05) is 6.07 Å². The number of nitrogen functional groups attached to an aromatic ring is 1. The van der Waals surface area contributed by atoms with Gasteiger partial charge in [0.15, 0.2) is 0 Å². The topological polar surface area (TPSA) is 53.1 Å². The van der Waals surface area contributed by atoms with Gasteiger partial charge < -0.3 is 10.6 Å². The average Bonchev–Trinajstić information content (AvgIpc) is 2.37. The molecule has 0 amide bonds. The summed E-state index contributed by atoms with van der Waals surface area (Å²) in [6.07, 6.45) is 0. The molecule has 0 fully saturated rings. The fraction of sp³-hybridized carbons (Fsp3) is 0.188. The number of nitrogens with zero attached hydrogens (tertiary/aromatic N) is 1. The summed E-state index contributed by atoms with van der Waals surface area (Å²) in [7, 11) is 2.04. The first kappa shape index (κ1) is 13.1. The molecule has 2 rings (SSSR count). The molecule has 0 aliphatic heterocycles. The Bertz CT molecular complexity index is 580. The molecule has 0 heterocycles. The van der Waals surface area contributed by atoms with Crippen molar-refractivity contribution < 1.29 is 0 Å². The maximum Gasteiger partial charge on any atom is 0.122 e. The quantitative estimate of drug-likeness (QED) is 0.651. The lowest BCUT2D eigenvalue weighted by atomic mass is 10.1. The van der Waals surface area contributed by atoms with Crippen LogP contribution in [0.2, 0.25) is 0 Å². The van der Waals surface area contributed by atoms with Crippen molar-refractivity contribution in [3.05, 3.63) is 59.2 Å². The van der Waals surface area contributed by atoms with E-state index in [1.54, 1.807) is 0 Å². The number of benzene rings is 2. The van der Waals surface area contributed by atoms with Gasteiger partial charge in [-0.3, -0.25) is 5.41 Å². The van der Waals surface area contributed by atoms with E-state index in [4.69, 9.17) is 11.1 Å². The number of aryl methyl sites for hydroxylation is 2. The van der Waals surface area contributed by atoms with Gasteiger partial charge >= 0.3 is 0 Å². The van der Waals surface area contributed by atoms with Crippen LogP contribution in [0.4, 0.5) is 11.4 Å². The van der Waals surface area contributed by atoms with E-state index in [0.29, 0.717) is 0 Å². The lowest BCUT2D eigenvalue weighted by Crippen LogP contribution is -2.13. The Balaban J connectivity index is 2.32. The van der Waals surface area contributed by atoms with Crippen LogP contribution in [0.3, 0.4) is 0 Å². The fourth-order valence-electron chi connectivity index (χ4n) is 2.16. The Morgan fingerprint density at radius 1 is 0.947 bits per heavy atom. The van der Waals surface area contributed by atoms with Crippen molar-refractivity contribution >= 4 is 17.2 Å². The number of nitrogens with two attached hydrogens (primary N) is 1. The second-order valence-corrected chi connectivity index (χ2v) is 4.87. The summed E-state index contributed by atoms with van der Waals surface area (Å²) in [5, 5.41) is 7.40. The van der Waals surface area contributed by atoms with Gasteiger partial charge in [0.1, 0.15) is 5.84 Å². The third-order valence-corrected chi connectivity index (χ3v) is 3.16. The molecule has 0 saturated carbocycles. The van der Waals surface area contributed by atoms with Crippen LogP contribution in [0.25, 0.3) is 0 Å². The van der Waals surface area contributed by atoms with E-state index < -0.39 is 0 Å². The lowest BCUT2D eigenvalue weighted by molar-refractivity contribution is 1.19. The molecule has 0 saturated heterocycles. The number of rotatable bonds is 3. The Morgan fingerprint density at radius 3 is 1.95 bits per heavy atom. The second-order valence-electron chi connectivity index (χ2n) is 4.87. The summed E-state index contributed by atoms with van der Waals surface area (Å²) >= 11 is 0. The third-order valence-electron chi connectivity index (χ3n) is 3.16. The van der Waals surface area contributed by atoms with Crippen molar-refractivity contribution in [3.8, 4) is 0 Å². The van der Waals surface area contributed by atoms with Crippen LogP contribution in [-0.4, -0.2) is 12.9 Å². The van der Waals surface area contributed by atoms with Gasteiger partial charge in [-0.25, -0.2) is 0 Å². The molecule has 3 N–H and O–H groups in total. The zero-order chi connectivity index (χ0) is 14.0. The molecule has 0 aromatic heterocycles. The maximum atomic E-state index is 7.40. The average molecular weight is 253 g/mol. The summed E-state index contributed by atoms with van der Waals surface area (Å²) in [5.41, 5.74) is 11.0. The lowest BCUT2D eigenvalue weighted by Gasteiger charge is -2.21. The first-order chi connectivity index (χ1) is 8.97. The summed E-state index contributed by atoms with van der Waals surface area (Å²) in [5.74, 6) is 0.0978. The van der Waals surface area contributed by atoms with Gasteiger partial charge in [-0.15, -0.1) is 0 Å². The molecule has 19 heavy (non-hydrogen) atoms. The van der Waals surface area contributed by atoms with Gasteiger partial charge in [-0.05, 0) is 61.4 Å². The van der Waals surface area contributed by atoms with Crippen molar-refractivity contribution in [2.75, 3.05) is 11.9 Å². The van der Waals surface area contributed by atoms with Crippen molar-refractivity contribution in [3.63, 3.8) is 0 Å². The molecule has 0 unspecified atom stereocenters. The number of amidine groups is 1. The molecule has 2 aromatic carbocycles. The zero-order valence-electron chi connectivity index (χ0n) is 11.6. The van der Waals surface area contributed by atoms with E-state index in [0.717, 1.165) is 16.9 Å². The number of anilines is 2. The molecule has 0 atom stereocenters. The van der Waals surface area contributed by atoms with Gasteiger partial charge in [0, 0.05) is 24.0 Å². The van der Waals surface area contributed by atoms with E-state index in [2.05, 4.69) is 36.9 Å². The molecule has 98 valence electrons. The van der Waals surface area contributed by atoms with Crippen LogP contribution >= 0.6 is 0 Å². The smallest absolute Gasteiger partial charge is 0.122 e. The Kier molecular flexibility index (Phi) is 3.56. The molecular formula is C16H19N3. The minimum atomic E-state index is 0.0978. The highest BCUT2D eigenvalue weighted by atomic mass is 15.1.